The van der Waals surface area contributed by atoms with Crippen LogP contribution in [0.4, 0.5) is 15.3 Å². The van der Waals surface area contributed by atoms with Crippen molar-refractivity contribution in [1.29, 1.82) is 0 Å². The molecule has 6 heterocycles. The highest BCUT2D eigenvalue weighted by atomic mass is 16.7. The highest BCUT2D eigenvalue weighted by Gasteiger charge is 2.40. The summed E-state index contributed by atoms with van der Waals surface area (Å²) in [6.45, 7) is 9.97. The van der Waals surface area contributed by atoms with Gasteiger partial charge < -0.3 is 59.0 Å². The second-order valence-electron chi connectivity index (χ2n) is 19.0. The zero-order valence-electron chi connectivity index (χ0n) is 39.7. The molecule has 0 saturated carbocycles. The number of carbonyl (C=O) groups excluding carboxylic acids is 4. The fourth-order valence-corrected chi connectivity index (χ4v) is 10.4. The first-order chi connectivity index (χ1) is 32.9. The number of hydrogen-bond acceptors (Lipinski definition) is 12. The summed E-state index contributed by atoms with van der Waals surface area (Å²) in [7, 11) is 2.59. The van der Waals surface area contributed by atoms with E-state index in [-0.39, 0.29) is 60.7 Å². The number of fused-ring (bicyclic) bond motifs is 2. The number of aromatic nitrogens is 4. The van der Waals surface area contributed by atoms with Gasteiger partial charge in [0.05, 0.1) is 67.1 Å². The highest BCUT2D eigenvalue weighted by Crippen LogP contribution is 2.48. The Kier molecular flexibility index (Phi) is 13.8. The number of rotatable bonds is 14. The predicted molar refractivity (Wildman–Crippen MR) is 253 cm³/mol. The number of methoxy groups -OCH3 is 2. The van der Waals surface area contributed by atoms with Crippen molar-refractivity contribution in [2.45, 2.75) is 109 Å². The van der Waals surface area contributed by atoms with E-state index in [1.807, 2.05) is 49.6 Å². The minimum Gasteiger partial charge on any atom is -0.491 e. The summed E-state index contributed by atoms with van der Waals surface area (Å²) >= 11 is 0. The van der Waals surface area contributed by atoms with Crippen LogP contribution in [0.1, 0.15) is 113 Å². The molecule has 0 spiro atoms. The lowest BCUT2D eigenvalue weighted by Gasteiger charge is -2.33. The predicted octanol–water partition coefficient (Wildman–Crippen LogP) is 7.36. The van der Waals surface area contributed by atoms with Crippen LogP contribution >= 0.6 is 0 Å². The molecule has 4 amide bonds. The van der Waals surface area contributed by atoms with Gasteiger partial charge in [0.1, 0.15) is 49.0 Å². The maximum Gasteiger partial charge on any atom is 0.407 e. The average molecular weight is 934 g/mol. The van der Waals surface area contributed by atoms with Crippen LogP contribution < -0.4 is 20.3 Å². The van der Waals surface area contributed by atoms with E-state index >= 15 is 0 Å². The van der Waals surface area contributed by atoms with Crippen molar-refractivity contribution in [2.24, 2.45) is 11.8 Å². The second-order valence-corrected chi connectivity index (χ2v) is 19.0. The molecule has 18 heteroatoms. The molecular formula is C50H63N9O9. The lowest BCUT2D eigenvalue weighted by atomic mass is 10.0. The summed E-state index contributed by atoms with van der Waals surface area (Å²) in [5.41, 5.74) is 6.72. The molecule has 7 atom stereocenters. The van der Waals surface area contributed by atoms with E-state index in [9.17, 15) is 19.2 Å². The monoisotopic (exact) mass is 933 g/mol. The van der Waals surface area contributed by atoms with Gasteiger partial charge in [-0.15, -0.1) is 0 Å². The van der Waals surface area contributed by atoms with Gasteiger partial charge in [-0.2, -0.15) is 0 Å². The number of anilines is 1. The first kappa shape index (κ1) is 46.7. The molecule has 4 aliphatic rings. The van der Waals surface area contributed by atoms with Gasteiger partial charge in [-0.25, -0.2) is 19.6 Å². The lowest BCUT2D eigenvalue weighted by Crippen LogP contribution is -2.51. The standard InChI is InChI=1S/C50H63N9O9/c1-28(2)43(55-49(62)64-5)47(60)57-21-7-9-41(57)45-51-35-17-11-30(23-37(35)53-45)39-19-20-40(59(39)32-13-15-33(16-14-32)67-26-34-25-66-27-68-34)31-12-18-36-38(24-31)54-46(52-36)42-10-8-22-58(42)48(61)44(29(3)4)56-50(63)65-6/h11-18,23-24,28-29,34,39-44H,7-10,19-22,25-27H2,1-6H3,(H,51,53)(H,52,54)(H,55,62)(H,56,63)/t34?,39-,40-,41+,42+,43+,44+/m1/s1. The number of imidazole rings is 2. The second kappa shape index (κ2) is 20.1. The molecule has 4 aliphatic heterocycles. The van der Waals surface area contributed by atoms with Crippen LogP contribution in [0.5, 0.6) is 5.75 Å². The van der Waals surface area contributed by atoms with Crippen molar-refractivity contribution >= 4 is 51.8 Å². The van der Waals surface area contributed by atoms with Crippen LogP contribution in [-0.2, 0) is 28.5 Å². The molecule has 9 rings (SSSR count). The number of aromatic amines is 2. The lowest BCUT2D eigenvalue weighted by molar-refractivity contribution is -0.136. The Morgan fingerprint density at radius 1 is 0.691 bits per heavy atom. The van der Waals surface area contributed by atoms with E-state index in [0.717, 1.165) is 94.8 Å². The van der Waals surface area contributed by atoms with Crippen LogP contribution in [0.25, 0.3) is 22.1 Å². The molecule has 4 N–H and O–H groups in total. The Hall–Kier alpha value is -6.40. The molecule has 0 bridgehead atoms. The third kappa shape index (κ3) is 9.52. The van der Waals surface area contributed by atoms with Crippen LogP contribution in [0, 0.1) is 11.8 Å². The van der Waals surface area contributed by atoms with Crippen molar-refractivity contribution in [3.63, 3.8) is 0 Å². The minimum atomic E-state index is -0.720. The van der Waals surface area contributed by atoms with Crippen molar-refractivity contribution in [3.05, 3.63) is 83.4 Å². The smallest absolute Gasteiger partial charge is 0.407 e. The minimum absolute atomic E-state index is 0.00583. The molecule has 0 aliphatic carbocycles. The molecule has 4 saturated heterocycles. The van der Waals surface area contributed by atoms with E-state index in [4.69, 9.17) is 33.7 Å². The summed E-state index contributed by atoms with van der Waals surface area (Å²) in [5.74, 6) is 1.63. The van der Waals surface area contributed by atoms with E-state index in [2.05, 4.69) is 74.0 Å². The Bertz CT molecular complexity index is 2460. The molecule has 3 aromatic carbocycles. The van der Waals surface area contributed by atoms with Gasteiger partial charge in [0.2, 0.25) is 11.8 Å². The Labute approximate surface area is 395 Å². The van der Waals surface area contributed by atoms with Gasteiger partial charge in [-0.05, 0) is 110 Å². The van der Waals surface area contributed by atoms with E-state index in [1.54, 1.807) is 0 Å². The van der Waals surface area contributed by atoms with Crippen molar-refractivity contribution < 1.29 is 42.9 Å². The van der Waals surface area contributed by atoms with Crippen LogP contribution in [0.15, 0.2) is 60.7 Å². The number of H-pyrrole nitrogens is 2. The van der Waals surface area contributed by atoms with Gasteiger partial charge >= 0.3 is 12.2 Å². The number of amides is 4. The number of alkyl carbamates (subject to hydrolysis) is 2. The quantitative estimate of drug-likeness (QED) is 0.0862. The third-order valence-corrected chi connectivity index (χ3v) is 14.0. The number of ether oxygens (including phenoxy) is 5. The summed E-state index contributed by atoms with van der Waals surface area (Å²) in [6, 6.07) is 19.1. The maximum absolute atomic E-state index is 13.9. The van der Waals surface area contributed by atoms with Gasteiger partial charge in [-0.1, -0.05) is 39.8 Å². The van der Waals surface area contributed by atoms with Crippen LogP contribution in [0.2, 0.25) is 0 Å². The van der Waals surface area contributed by atoms with E-state index in [1.165, 1.54) is 14.2 Å². The number of hydrogen-bond donors (Lipinski definition) is 4. The number of carbonyl (C=O) groups is 4. The topological polar surface area (TPSA) is 206 Å². The molecule has 18 nitrogen and oxygen atoms in total. The SMILES string of the molecule is COC(=O)N[C@H](C(=O)N1CCC[C@H]1c1nc2ccc([C@H]3CC[C@H](c4ccc5nc([C@@H]6CCCN6C(=O)[C@@H](NC(=O)OC)C(C)C)[nH]c5c4)N3c3ccc(OCC4COCO4)cc3)cc2[nH]1)C(C)C. The first-order valence-electron chi connectivity index (χ1n) is 23.9. The Balaban J connectivity index is 0.997. The van der Waals surface area contributed by atoms with Gasteiger partial charge in [0, 0.05) is 18.8 Å². The maximum atomic E-state index is 13.9. The van der Waals surface area contributed by atoms with Crippen molar-refractivity contribution in [2.75, 3.05) is 52.2 Å². The van der Waals surface area contributed by atoms with Gasteiger partial charge in [-0.3, -0.25) is 9.59 Å². The summed E-state index contributed by atoms with van der Waals surface area (Å²) in [4.78, 5) is 75.6. The van der Waals surface area contributed by atoms with E-state index < -0.39 is 24.3 Å². The van der Waals surface area contributed by atoms with Crippen molar-refractivity contribution in [3.8, 4) is 5.75 Å². The zero-order valence-corrected chi connectivity index (χ0v) is 39.7. The number of nitrogens with zero attached hydrogens (tertiary/aromatic N) is 5. The first-order valence-corrected chi connectivity index (χ1v) is 23.9. The molecule has 362 valence electrons. The molecule has 0 radical (unpaired) electrons. The van der Waals surface area contributed by atoms with Gasteiger partial charge in [0.25, 0.3) is 0 Å². The third-order valence-electron chi connectivity index (χ3n) is 14.0. The Morgan fingerprint density at radius 3 is 1.63 bits per heavy atom. The summed E-state index contributed by atoms with van der Waals surface area (Å²) < 4.78 is 26.7. The largest absolute Gasteiger partial charge is 0.491 e. The average Bonchev–Trinajstić information content (AvgIpc) is 4.21. The molecule has 4 fully saturated rings. The fourth-order valence-electron chi connectivity index (χ4n) is 10.4. The van der Waals surface area contributed by atoms with Crippen molar-refractivity contribution in [1.82, 2.24) is 40.4 Å². The fraction of sp³-hybridized carbons (Fsp3) is 0.520. The van der Waals surface area contributed by atoms with Gasteiger partial charge in [0.15, 0.2) is 0 Å². The van der Waals surface area contributed by atoms with E-state index in [0.29, 0.717) is 26.3 Å². The molecular weight excluding hydrogens is 871 g/mol. The van der Waals surface area contributed by atoms with Crippen LogP contribution in [0.3, 0.4) is 0 Å². The summed E-state index contributed by atoms with van der Waals surface area (Å²) in [5, 5.41) is 5.47. The summed E-state index contributed by atoms with van der Waals surface area (Å²) in [6.07, 6.45) is 3.56. The number of likely N-dealkylation sites (tertiary alicyclic amines) is 2. The Morgan fingerprint density at radius 2 is 1.19 bits per heavy atom. The highest BCUT2D eigenvalue weighted by molar-refractivity contribution is 5.87. The molecule has 5 aromatic rings. The normalized spacial score (nSPS) is 22.6. The number of nitrogens with one attached hydrogen (secondary N) is 4. The molecule has 2 aromatic heterocycles. The zero-order chi connectivity index (χ0) is 47.6. The molecule has 1 unspecified atom stereocenters. The van der Waals surface area contributed by atoms with Crippen LogP contribution in [-0.4, -0.2) is 119 Å². The number of benzene rings is 3. The molecule has 68 heavy (non-hydrogen) atoms.